The molecule has 1 unspecified atom stereocenters. The number of aromatic nitrogens is 4. The first kappa shape index (κ1) is 45.3. The second kappa shape index (κ2) is 17.2. The average molecular weight is 945 g/mol. The lowest BCUT2D eigenvalue weighted by Gasteiger charge is -2.54. The summed E-state index contributed by atoms with van der Waals surface area (Å²) in [7, 11) is -3.52. The zero-order chi connectivity index (χ0) is 47.1. The van der Waals surface area contributed by atoms with Crippen molar-refractivity contribution in [3.05, 3.63) is 64.9 Å². The number of carbonyl (C=O) groups is 4. The van der Waals surface area contributed by atoms with Gasteiger partial charge in [0.1, 0.15) is 28.9 Å². The molecule has 1 aliphatic carbocycles. The lowest BCUT2D eigenvalue weighted by Crippen LogP contribution is -2.54. The summed E-state index contributed by atoms with van der Waals surface area (Å²) in [4.78, 5) is 68.8. The van der Waals surface area contributed by atoms with Gasteiger partial charge in [-0.25, -0.2) is 40.8 Å². The maximum Gasteiger partial charge on any atom is 0.262 e. The van der Waals surface area contributed by atoms with Crippen molar-refractivity contribution in [1.29, 1.82) is 0 Å². The molecule has 20 heteroatoms. The number of hydrogen-bond donors (Lipinski definition) is 2. The van der Waals surface area contributed by atoms with E-state index in [2.05, 4.69) is 30.5 Å². The predicted octanol–water partition coefficient (Wildman–Crippen LogP) is 5.57. The van der Waals surface area contributed by atoms with Gasteiger partial charge in [0.2, 0.25) is 27.8 Å². The third kappa shape index (κ3) is 8.25. The first-order chi connectivity index (χ1) is 32.0. The number of sulfonamides is 1. The molecule has 7 heterocycles. The van der Waals surface area contributed by atoms with E-state index in [0.717, 1.165) is 49.4 Å². The molecule has 4 saturated heterocycles. The van der Waals surface area contributed by atoms with Crippen LogP contribution in [0.4, 0.5) is 24.8 Å². The second-order valence-electron chi connectivity index (χ2n) is 19.8. The number of nitrogens with zero attached hydrogens (tertiary/aromatic N) is 8. The van der Waals surface area contributed by atoms with Gasteiger partial charge in [-0.3, -0.25) is 29.4 Å². The molecule has 5 aliphatic heterocycles. The van der Waals surface area contributed by atoms with Crippen molar-refractivity contribution in [3.63, 3.8) is 0 Å². The van der Waals surface area contributed by atoms with Crippen molar-refractivity contribution in [2.45, 2.75) is 108 Å². The molecular formula is C47H55F3N10O6S. The molecule has 1 spiro atoms. The van der Waals surface area contributed by atoms with Gasteiger partial charge in [0.05, 0.1) is 33.8 Å². The molecule has 4 aromatic rings. The molecule has 356 valence electrons. The smallest absolute Gasteiger partial charge is 0.262 e. The summed E-state index contributed by atoms with van der Waals surface area (Å²) in [5.41, 5.74) is 1.41. The lowest BCUT2D eigenvalue weighted by molar-refractivity contribution is -0.136. The van der Waals surface area contributed by atoms with Crippen molar-refractivity contribution in [1.82, 2.24) is 38.9 Å². The largest absolute Gasteiger partial charge is 0.369 e. The molecule has 16 nitrogen and oxygen atoms in total. The number of imide groups is 2. The van der Waals surface area contributed by atoms with Crippen LogP contribution in [0.25, 0.3) is 22.3 Å². The Morgan fingerprint density at radius 1 is 0.836 bits per heavy atom. The van der Waals surface area contributed by atoms with Crippen LogP contribution in [-0.4, -0.2) is 129 Å². The second-order valence-corrected chi connectivity index (χ2v) is 22.0. The SMILES string of the molecule is Cc1nc2c(F)cc(-c3nc(NC4CCN(S(=O)(=O)C5CCN(CC6CC7(CCN(c8cc9c(cc8F)C(=O)N(C8CCC(=O)NC8=O)C9=O)CC7)C6)CC5)CC4)ncc3F)cc2n1C(C)C. The van der Waals surface area contributed by atoms with Gasteiger partial charge in [0.25, 0.3) is 11.8 Å². The Bertz CT molecular complexity index is 2790. The van der Waals surface area contributed by atoms with Gasteiger partial charge in [0.15, 0.2) is 11.6 Å². The first-order valence-corrected chi connectivity index (χ1v) is 25.0. The van der Waals surface area contributed by atoms with Gasteiger partial charge in [-0.15, -0.1) is 0 Å². The van der Waals surface area contributed by atoms with Crippen LogP contribution in [0.15, 0.2) is 30.5 Å². The van der Waals surface area contributed by atoms with E-state index < -0.39 is 62.4 Å². The van der Waals surface area contributed by atoms with Crippen LogP contribution in [0.3, 0.4) is 0 Å². The van der Waals surface area contributed by atoms with Gasteiger partial charge in [-0.05, 0) is 127 Å². The van der Waals surface area contributed by atoms with Gasteiger partial charge >= 0.3 is 0 Å². The first-order valence-electron chi connectivity index (χ1n) is 23.5. The number of rotatable bonds is 10. The molecule has 0 bridgehead atoms. The van der Waals surface area contributed by atoms with Crippen LogP contribution in [0.1, 0.15) is 111 Å². The van der Waals surface area contributed by atoms with Crippen LogP contribution in [0.2, 0.25) is 0 Å². The molecule has 2 N–H and O–H groups in total. The topological polar surface area (TPSA) is 183 Å². The number of piperidine rings is 4. The summed E-state index contributed by atoms with van der Waals surface area (Å²) in [5.74, 6) is -3.07. The highest BCUT2D eigenvalue weighted by atomic mass is 32.2. The zero-order valence-electron chi connectivity index (χ0n) is 37.9. The molecular weight excluding hydrogens is 890 g/mol. The van der Waals surface area contributed by atoms with Gasteiger partial charge < -0.3 is 19.7 Å². The number of aryl methyl sites for hydroxylation is 1. The van der Waals surface area contributed by atoms with Gasteiger partial charge in [-0.2, -0.15) is 0 Å². The van der Waals surface area contributed by atoms with E-state index in [1.807, 2.05) is 23.3 Å². The summed E-state index contributed by atoms with van der Waals surface area (Å²) < 4.78 is 77.1. The number of likely N-dealkylation sites (tertiary alicyclic amines) is 1. The Morgan fingerprint density at radius 2 is 1.52 bits per heavy atom. The molecule has 1 atom stereocenters. The molecule has 10 rings (SSSR count). The van der Waals surface area contributed by atoms with E-state index in [0.29, 0.717) is 82.2 Å². The summed E-state index contributed by atoms with van der Waals surface area (Å²) >= 11 is 0. The van der Waals surface area contributed by atoms with E-state index >= 15 is 13.2 Å². The molecule has 6 aliphatic rings. The number of benzene rings is 2. The zero-order valence-corrected chi connectivity index (χ0v) is 38.7. The van der Waals surface area contributed by atoms with Crippen molar-refractivity contribution in [3.8, 4) is 11.3 Å². The van der Waals surface area contributed by atoms with Crippen LogP contribution in [-0.2, 0) is 19.6 Å². The molecule has 4 amide bonds. The number of anilines is 2. The fraction of sp³-hybridized carbons (Fsp3) is 0.553. The Kier molecular flexibility index (Phi) is 11.7. The number of carbonyl (C=O) groups excluding carboxylic acids is 4. The minimum Gasteiger partial charge on any atom is -0.369 e. The Labute approximate surface area is 386 Å². The van der Waals surface area contributed by atoms with E-state index in [1.165, 1.54) is 12.1 Å². The lowest BCUT2D eigenvalue weighted by atomic mass is 9.57. The van der Waals surface area contributed by atoms with Crippen LogP contribution in [0, 0.1) is 35.7 Å². The Balaban J connectivity index is 0.677. The monoisotopic (exact) mass is 944 g/mol. The molecule has 1 saturated carbocycles. The number of amides is 4. The van der Waals surface area contributed by atoms with Crippen molar-refractivity contribution >= 4 is 56.3 Å². The number of nitrogens with one attached hydrogen (secondary N) is 2. The minimum absolute atomic E-state index is 0.00398. The number of fused-ring (bicyclic) bond motifs is 2. The third-order valence-electron chi connectivity index (χ3n) is 15.2. The van der Waals surface area contributed by atoms with Gasteiger partial charge in [-0.1, -0.05) is 0 Å². The number of hydrogen-bond acceptors (Lipinski definition) is 12. The molecule has 5 fully saturated rings. The van der Waals surface area contributed by atoms with Crippen molar-refractivity contribution in [2.75, 3.05) is 56.0 Å². The number of imidazole rings is 1. The summed E-state index contributed by atoms with van der Waals surface area (Å²) in [6, 6.07) is 4.22. The molecule has 2 aromatic carbocycles. The minimum atomic E-state index is -3.52. The standard InChI is InChI=1S/C47H55F3N10O6S/c1-26(2)59-27(3)52-42-35(49)18-29(19-39(42)59)41-36(50)24-51-46(55-41)53-30-6-14-58(15-7-30)67(65,66)31-8-12-56(13-9-31)25-28-22-47(23-28)10-16-57(17-11-47)38-21-33-32(20-34(38)48)44(63)60(45(33)64)37-4-5-40(61)54-43(37)62/h18-21,24,26,28,30-31,37H,4-17,22-23,25H2,1-3H3,(H,51,53,55)(H,54,61,62). The average Bonchev–Trinajstić information content (AvgIpc) is 3.75. The summed E-state index contributed by atoms with van der Waals surface area (Å²) in [6.45, 7) is 9.96. The van der Waals surface area contributed by atoms with E-state index in [9.17, 15) is 27.6 Å². The summed E-state index contributed by atoms with van der Waals surface area (Å²) in [5, 5.41) is 4.99. The highest BCUT2D eigenvalue weighted by Crippen LogP contribution is 2.53. The normalized spacial score (nSPS) is 22.6. The number of halogens is 3. The fourth-order valence-electron chi connectivity index (χ4n) is 11.7. The van der Waals surface area contributed by atoms with Crippen LogP contribution >= 0.6 is 0 Å². The third-order valence-corrected chi connectivity index (χ3v) is 17.6. The molecule has 2 aromatic heterocycles. The maximum atomic E-state index is 15.5. The maximum absolute atomic E-state index is 15.5. The van der Waals surface area contributed by atoms with Gasteiger partial charge in [0, 0.05) is 56.8 Å². The van der Waals surface area contributed by atoms with Crippen LogP contribution < -0.4 is 15.5 Å². The van der Waals surface area contributed by atoms with E-state index in [4.69, 9.17) is 0 Å². The van der Waals surface area contributed by atoms with Crippen molar-refractivity contribution in [2.24, 2.45) is 11.3 Å². The van der Waals surface area contributed by atoms with E-state index in [1.54, 1.807) is 17.3 Å². The highest BCUT2D eigenvalue weighted by Gasteiger charge is 2.48. The summed E-state index contributed by atoms with van der Waals surface area (Å²) in [6.07, 6.45) is 7.10. The highest BCUT2D eigenvalue weighted by molar-refractivity contribution is 7.89. The van der Waals surface area contributed by atoms with Crippen molar-refractivity contribution < 1.29 is 40.8 Å². The Hall–Kier alpha value is -5.47. The molecule has 0 radical (unpaired) electrons. The molecule has 67 heavy (non-hydrogen) atoms. The fourth-order valence-corrected chi connectivity index (χ4v) is 13.7. The quantitative estimate of drug-likeness (QED) is 0.189. The van der Waals surface area contributed by atoms with E-state index in [-0.39, 0.29) is 69.9 Å². The Morgan fingerprint density at radius 3 is 2.19 bits per heavy atom. The predicted molar refractivity (Wildman–Crippen MR) is 242 cm³/mol. The van der Waals surface area contributed by atoms with Crippen LogP contribution in [0.5, 0.6) is 0 Å².